The van der Waals surface area contributed by atoms with Crippen LogP contribution in [-0.4, -0.2) is 12.6 Å². The monoisotopic (exact) mass is 260 g/mol. The Morgan fingerprint density at radius 2 is 1.88 bits per heavy atom. The average Bonchev–Trinajstić information content (AvgIpc) is 2.23. The highest BCUT2D eigenvalue weighted by atomic mass is 35.5. The molecule has 0 saturated carbocycles. The van der Waals surface area contributed by atoms with Gasteiger partial charge in [0.25, 0.3) is 0 Å². The van der Waals surface area contributed by atoms with Gasteiger partial charge in [-0.1, -0.05) is 30.1 Å². The molecule has 0 unspecified atom stereocenters. The Balaban J connectivity index is 2.71. The van der Waals surface area contributed by atoms with Gasteiger partial charge in [-0.15, -0.1) is 0 Å². The summed E-state index contributed by atoms with van der Waals surface area (Å²) >= 11 is 11.9. The van der Waals surface area contributed by atoms with Crippen LogP contribution in [0.3, 0.4) is 0 Å². The van der Waals surface area contributed by atoms with Crippen molar-refractivity contribution in [3.8, 4) is 0 Å². The van der Waals surface area contributed by atoms with Crippen molar-refractivity contribution >= 4 is 34.9 Å². The van der Waals surface area contributed by atoms with Gasteiger partial charge in [-0.2, -0.15) is 0 Å². The molecule has 1 rings (SSSR count). The van der Waals surface area contributed by atoms with Gasteiger partial charge < -0.3 is 10.6 Å². The molecule has 0 atom stereocenters. The van der Waals surface area contributed by atoms with E-state index in [0.717, 1.165) is 12.0 Å². The van der Waals surface area contributed by atoms with Crippen molar-refractivity contribution < 1.29 is 4.79 Å². The lowest BCUT2D eigenvalue weighted by atomic mass is 10.2. The number of urea groups is 1. The van der Waals surface area contributed by atoms with Crippen LogP contribution >= 0.6 is 23.2 Å². The van der Waals surface area contributed by atoms with Gasteiger partial charge in [0.15, 0.2) is 0 Å². The number of halogens is 2. The number of carbonyl (C=O) groups excluding carboxylic acids is 1. The molecule has 0 spiro atoms. The van der Waals surface area contributed by atoms with E-state index in [1.807, 2.05) is 13.8 Å². The third-order valence-electron chi connectivity index (χ3n) is 2.07. The molecule has 0 heterocycles. The largest absolute Gasteiger partial charge is 0.338 e. The standard InChI is InChI=1S/C11H14Cl2N2O/c1-3-4-14-11(16)15-8-5-9(12)7(2)10(13)6-8/h5-6H,3-4H2,1-2H3,(H2,14,15,16). The van der Waals surface area contributed by atoms with Crippen molar-refractivity contribution in [1.29, 1.82) is 0 Å². The van der Waals surface area contributed by atoms with E-state index in [9.17, 15) is 4.79 Å². The Morgan fingerprint density at radius 3 is 2.38 bits per heavy atom. The molecule has 0 aromatic heterocycles. The smallest absolute Gasteiger partial charge is 0.319 e. The number of nitrogens with one attached hydrogen (secondary N) is 2. The van der Waals surface area contributed by atoms with Crippen LogP contribution in [0.2, 0.25) is 10.0 Å². The molecule has 2 N–H and O–H groups in total. The second-order valence-corrected chi connectivity index (χ2v) is 4.26. The van der Waals surface area contributed by atoms with Crippen LogP contribution in [0.1, 0.15) is 18.9 Å². The maximum atomic E-state index is 11.4. The molecule has 0 radical (unpaired) electrons. The number of hydrogen-bond donors (Lipinski definition) is 2. The van der Waals surface area contributed by atoms with Crippen LogP contribution < -0.4 is 10.6 Å². The van der Waals surface area contributed by atoms with Crippen molar-refractivity contribution in [3.63, 3.8) is 0 Å². The summed E-state index contributed by atoms with van der Waals surface area (Å²) in [5, 5.41) is 6.44. The first-order valence-corrected chi connectivity index (χ1v) is 5.80. The SMILES string of the molecule is CCCNC(=O)Nc1cc(Cl)c(C)c(Cl)c1. The van der Waals surface area contributed by atoms with Gasteiger partial charge in [0.2, 0.25) is 0 Å². The number of hydrogen-bond acceptors (Lipinski definition) is 1. The molecule has 0 aliphatic heterocycles. The summed E-state index contributed by atoms with van der Waals surface area (Å²) in [7, 11) is 0. The Hall–Kier alpha value is -0.930. The molecule has 5 heteroatoms. The number of rotatable bonds is 3. The Kier molecular flexibility index (Phi) is 4.90. The molecule has 0 fully saturated rings. The van der Waals surface area contributed by atoms with Gasteiger partial charge in [0.1, 0.15) is 0 Å². The van der Waals surface area contributed by atoms with E-state index in [1.54, 1.807) is 12.1 Å². The lowest BCUT2D eigenvalue weighted by molar-refractivity contribution is 0.252. The Morgan fingerprint density at radius 1 is 1.31 bits per heavy atom. The Bertz CT molecular complexity index is 371. The van der Waals surface area contributed by atoms with E-state index in [4.69, 9.17) is 23.2 Å². The third kappa shape index (κ3) is 3.58. The first kappa shape index (κ1) is 13.1. The van der Waals surface area contributed by atoms with E-state index in [-0.39, 0.29) is 6.03 Å². The molecule has 3 nitrogen and oxygen atoms in total. The van der Waals surface area contributed by atoms with Crippen molar-refractivity contribution in [3.05, 3.63) is 27.7 Å². The molecule has 88 valence electrons. The predicted octanol–water partition coefficient (Wildman–Crippen LogP) is 3.83. The van der Waals surface area contributed by atoms with Gasteiger partial charge in [0, 0.05) is 22.3 Å². The van der Waals surface area contributed by atoms with Crippen molar-refractivity contribution in [2.45, 2.75) is 20.3 Å². The van der Waals surface area contributed by atoms with Gasteiger partial charge in [-0.05, 0) is 31.0 Å². The highest BCUT2D eigenvalue weighted by Gasteiger charge is 2.06. The van der Waals surface area contributed by atoms with E-state index < -0.39 is 0 Å². The van der Waals surface area contributed by atoms with Crippen LogP contribution in [0.15, 0.2) is 12.1 Å². The number of amides is 2. The van der Waals surface area contributed by atoms with Crippen LogP contribution in [0.5, 0.6) is 0 Å². The molecule has 1 aromatic carbocycles. The zero-order valence-corrected chi connectivity index (χ0v) is 10.7. The first-order chi connectivity index (χ1) is 7.54. The minimum Gasteiger partial charge on any atom is -0.338 e. The average molecular weight is 261 g/mol. The minimum absolute atomic E-state index is 0.252. The van der Waals surface area contributed by atoms with E-state index in [1.165, 1.54) is 0 Å². The molecule has 0 aliphatic rings. The summed E-state index contributed by atoms with van der Waals surface area (Å²) in [4.78, 5) is 11.4. The maximum Gasteiger partial charge on any atom is 0.319 e. The molecule has 1 aromatic rings. The molecular weight excluding hydrogens is 247 g/mol. The molecule has 0 bridgehead atoms. The second-order valence-electron chi connectivity index (χ2n) is 3.45. The summed E-state index contributed by atoms with van der Waals surface area (Å²) in [6, 6.07) is 3.10. The first-order valence-electron chi connectivity index (χ1n) is 5.05. The van der Waals surface area contributed by atoms with Crippen LogP contribution in [0.25, 0.3) is 0 Å². The highest BCUT2D eigenvalue weighted by molar-refractivity contribution is 6.36. The minimum atomic E-state index is -0.252. The van der Waals surface area contributed by atoms with E-state index >= 15 is 0 Å². The number of anilines is 1. The van der Waals surface area contributed by atoms with E-state index in [0.29, 0.717) is 22.3 Å². The second kappa shape index (κ2) is 5.97. The summed E-state index contributed by atoms with van der Waals surface area (Å²) in [5.74, 6) is 0. The van der Waals surface area contributed by atoms with Crippen molar-refractivity contribution in [1.82, 2.24) is 5.32 Å². The van der Waals surface area contributed by atoms with Crippen molar-refractivity contribution in [2.75, 3.05) is 11.9 Å². The number of benzene rings is 1. The highest BCUT2D eigenvalue weighted by Crippen LogP contribution is 2.27. The fraction of sp³-hybridized carbons (Fsp3) is 0.364. The zero-order valence-electron chi connectivity index (χ0n) is 9.23. The molecule has 0 saturated heterocycles. The maximum absolute atomic E-state index is 11.4. The summed E-state index contributed by atoms with van der Waals surface area (Å²) in [6.45, 7) is 4.45. The topological polar surface area (TPSA) is 41.1 Å². The van der Waals surface area contributed by atoms with Gasteiger partial charge >= 0.3 is 6.03 Å². The van der Waals surface area contributed by atoms with Crippen LogP contribution in [0.4, 0.5) is 10.5 Å². The van der Waals surface area contributed by atoms with Gasteiger partial charge in [0.05, 0.1) is 0 Å². The summed E-state index contributed by atoms with van der Waals surface area (Å²) < 4.78 is 0. The van der Waals surface area contributed by atoms with E-state index in [2.05, 4.69) is 10.6 Å². The molecular formula is C11H14Cl2N2O. The fourth-order valence-corrected chi connectivity index (χ4v) is 1.62. The van der Waals surface area contributed by atoms with Gasteiger partial charge in [-0.3, -0.25) is 0 Å². The van der Waals surface area contributed by atoms with Crippen LogP contribution in [-0.2, 0) is 0 Å². The summed E-state index contributed by atoms with van der Waals surface area (Å²) in [5.41, 5.74) is 1.40. The lowest BCUT2D eigenvalue weighted by Gasteiger charge is -2.09. The predicted molar refractivity (Wildman–Crippen MR) is 68.5 cm³/mol. The lowest BCUT2D eigenvalue weighted by Crippen LogP contribution is -2.29. The van der Waals surface area contributed by atoms with Crippen LogP contribution in [0, 0.1) is 6.92 Å². The van der Waals surface area contributed by atoms with Crippen molar-refractivity contribution in [2.24, 2.45) is 0 Å². The molecule has 2 amide bonds. The van der Waals surface area contributed by atoms with Gasteiger partial charge in [-0.25, -0.2) is 4.79 Å². The zero-order chi connectivity index (χ0) is 12.1. The fourth-order valence-electron chi connectivity index (χ4n) is 1.13. The Labute approximate surface area is 105 Å². The number of carbonyl (C=O) groups is 1. The molecule has 0 aliphatic carbocycles. The normalized spacial score (nSPS) is 10.0. The quantitative estimate of drug-likeness (QED) is 0.852. The third-order valence-corrected chi connectivity index (χ3v) is 2.86. The summed E-state index contributed by atoms with van der Waals surface area (Å²) in [6.07, 6.45) is 0.892. The molecule has 16 heavy (non-hydrogen) atoms.